The third-order valence-electron chi connectivity index (χ3n) is 3.52. The number of hydrogen-bond acceptors (Lipinski definition) is 3. The van der Waals surface area contributed by atoms with Gasteiger partial charge in [-0.3, -0.25) is 0 Å². The fourth-order valence-electron chi connectivity index (χ4n) is 1.82. The molecule has 1 saturated heterocycles. The van der Waals surface area contributed by atoms with Gasteiger partial charge in [0, 0.05) is 5.92 Å². The number of rotatable bonds is 5. The molecule has 0 radical (unpaired) electrons. The van der Waals surface area contributed by atoms with E-state index in [-0.39, 0.29) is 11.9 Å². The molecule has 1 aromatic rings. The third kappa shape index (κ3) is 2.55. The number of allylic oxidation sites excluding steroid dienone is 1. The Balaban J connectivity index is 1.89. The second kappa shape index (κ2) is 4.84. The van der Waals surface area contributed by atoms with Gasteiger partial charge < -0.3 is 9.47 Å². The lowest BCUT2D eigenvalue weighted by Gasteiger charge is -2.09. The topological polar surface area (TPSA) is 38.8 Å². The van der Waals surface area contributed by atoms with E-state index < -0.39 is 5.60 Å². The minimum absolute atomic E-state index is 0.0900. The fourth-order valence-corrected chi connectivity index (χ4v) is 1.82. The van der Waals surface area contributed by atoms with Crippen molar-refractivity contribution in [1.29, 1.82) is 0 Å². The number of ether oxygens (including phenoxy) is 2. The summed E-state index contributed by atoms with van der Waals surface area (Å²) < 4.78 is 10.1. The summed E-state index contributed by atoms with van der Waals surface area (Å²) in [6, 6.07) is 7.86. The number of benzene rings is 1. The van der Waals surface area contributed by atoms with E-state index in [4.69, 9.17) is 9.47 Å². The highest BCUT2D eigenvalue weighted by Gasteiger charge is 2.56. The van der Waals surface area contributed by atoms with Crippen molar-refractivity contribution >= 4 is 12.0 Å². The van der Waals surface area contributed by atoms with Crippen LogP contribution in [0.4, 0.5) is 0 Å². The van der Waals surface area contributed by atoms with Crippen LogP contribution in [0, 0.1) is 5.92 Å². The molecule has 0 amide bonds. The Morgan fingerprint density at radius 3 is 2.50 bits per heavy atom. The van der Waals surface area contributed by atoms with Crippen molar-refractivity contribution in [3.63, 3.8) is 0 Å². The molecule has 18 heavy (non-hydrogen) atoms. The van der Waals surface area contributed by atoms with Gasteiger partial charge in [-0.05, 0) is 31.0 Å². The smallest absolute Gasteiger partial charge is 0.351 e. The van der Waals surface area contributed by atoms with Crippen LogP contribution in [0.3, 0.4) is 0 Å². The van der Waals surface area contributed by atoms with E-state index in [0.717, 1.165) is 17.7 Å². The molecule has 0 saturated carbocycles. The molecule has 1 heterocycles. The predicted octanol–water partition coefficient (Wildman–Crippen LogP) is 3.05. The van der Waals surface area contributed by atoms with Gasteiger partial charge >= 0.3 is 5.97 Å². The molecule has 0 N–H and O–H groups in total. The van der Waals surface area contributed by atoms with Gasteiger partial charge in [0.25, 0.3) is 0 Å². The van der Waals surface area contributed by atoms with Gasteiger partial charge in [0.15, 0.2) is 0 Å². The highest BCUT2D eigenvalue weighted by Crippen LogP contribution is 2.38. The van der Waals surface area contributed by atoms with Gasteiger partial charge in [-0.25, -0.2) is 4.79 Å². The van der Waals surface area contributed by atoms with Crippen LogP contribution in [0.15, 0.2) is 30.3 Å². The Morgan fingerprint density at radius 2 is 2.00 bits per heavy atom. The number of carbonyl (C=O) groups is 1. The minimum Gasteiger partial charge on any atom is -0.497 e. The van der Waals surface area contributed by atoms with Gasteiger partial charge in [0.1, 0.15) is 5.75 Å². The van der Waals surface area contributed by atoms with Crippen LogP contribution in [0.1, 0.15) is 25.8 Å². The third-order valence-corrected chi connectivity index (χ3v) is 3.52. The van der Waals surface area contributed by atoms with Crippen molar-refractivity contribution in [3.8, 4) is 5.75 Å². The molecule has 0 bridgehead atoms. The molecule has 0 spiro atoms. The van der Waals surface area contributed by atoms with Crippen LogP contribution < -0.4 is 4.74 Å². The molecule has 2 rings (SSSR count). The van der Waals surface area contributed by atoms with Gasteiger partial charge in [-0.2, -0.15) is 0 Å². The Morgan fingerprint density at radius 1 is 1.39 bits per heavy atom. The van der Waals surface area contributed by atoms with E-state index >= 15 is 0 Å². The number of carbonyl (C=O) groups excluding carboxylic acids is 1. The van der Waals surface area contributed by atoms with Gasteiger partial charge in [0.2, 0.25) is 5.60 Å². The Kier molecular flexibility index (Phi) is 3.41. The predicted molar refractivity (Wildman–Crippen MR) is 70.3 cm³/mol. The van der Waals surface area contributed by atoms with E-state index in [1.165, 1.54) is 0 Å². The van der Waals surface area contributed by atoms with Crippen LogP contribution in [-0.2, 0) is 9.53 Å². The summed E-state index contributed by atoms with van der Waals surface area (Å²) in [5.41, 5.74) is 0.570. The minimum atomic E-state index is -0.551. The lowest BCUT2D eigenvalue weighted by Crippen LogP contribution is -2.18. The summed E-state index contributed by atoms with van der Waals surface area (Å²) in [6.45, 7) is 3.88. The first-order valence-corrected chi connectivity index (χ1v) is 6.10. The quantitative estimate of drug-likeness (QED) is 0.749. The van der Waals surface area contributed by atoms with E-state index in [1.54, 1.807) is 7.11 Å². The zero-order chi connectivity index (χ0) is 13.2. The zero-order valence-electron chi connectivity index (χ0n) is 11.0. The van der Waals surface area contributed by atoms with Crippen molar-refractivity contribution < 1.29 is 14.3 Å². The number of cyclic esters (lactones) is 1. The highest BCUT2D eigenvalue weighted by atomic mass is 16.7. The number of hydrogen-bond donors (Lipinski definition) is 0. The van der Waals surface area contributed by atoms with Crippen molar-refractivity contribution in [1.82, 2.24) is 0 Å². The molecule has 1 aliphatic heterocycles. The number of methoxy groups -OCH3 is 1. The normalized spacial score (nSPS) is 23.8. The summed E-state index contributed by atoms with van der Waals surface area (Å²) in [6.07, 6.45) is 4.95. The van der Waals surface area contributed by atoms with Crippen LogP contribution in [0.25, 0.3) is 6.08 Å². The van der Waals surface area contributed by atoms with E-state index in [0.29, 0.717) is 0 Å². The first kappa shape index (κ1) is 12.7. The average molecular weight is 246 g/mol. The Hall–Kier alpha value is -1.77. The molecule has 1 aliphatic rings. The molecule has 3 nitrogen and oxygen atoms in total. The monoisotopic (exact) mass is 246 g/mol. The summed E-state index contributed by atoms with van der Waals surface area (Å²) in [5, 5.41) is 0. The number of epoxide rings is 1. The van der Waals surface area contributed by atoms with Crippen molar-refractivity contribution in [2.75, 3.05) is 7.11 Å². The van der Waals surface area contributed by atoms with Crippen LogP contribution in [0.5, 0.6) is 5.75 Å². The van der Waals surface area contributed by atoms with Crippen LogP contribution in [-0.4, -0.2) is 18.7 Å². The fraction of sp³-hybridized carbons (Fsp3) is 0.400. The average Bonchev–Trinajstić information content (AvgIpc) is 2.99. The van der Waals surface area contributed by atoms with Crippen LogP contribution in [0.2, 0.25) is 0 Å². The molecule has 1 aromatic carbocycles. The van der Waals surface area contributed by atoms with Crippen molar-refractivity contribution in [2.24, 2.45) is 5.92 Å². The van der Waals surface area contributed by atoms with Crippen molar-refractivity contribution in [2.45, 2.75) is 25.9 Å². The lowest BCUT2D eigenvalue weighted by molar-refractivity contribution is -0.117. The molecule has 3 heteroatoms. The molecular weight excluding hydrogens is 228 g/mol. The van der Waals surface area contributed by atoms with Gasteiger partial charge in [0.05, 0.1) is 7.11 Å². The first-order valence-electron chi connectivity index (χ1n) is 6.10. The van der Waals surface area contributed by atoms with Gasteiger partial charge in [-0.1, -0.05) is 31.2 Å². The molecule has 1 fully saturated rings. The molecule has 2 unspecified atom stereocenters. The molecule has 2 atom stereocenters. The first-order chi connectivity index (χ1) is 8.56. The summed E-state index contributed by atoms with van der Waals surface area (Å²) >= 11 is 0. The summed E-state index contributed by atoms with van der Waals surface area (Å²) in [5.74, 6) is 0.970. The zero-order valence-corrected chi connectivity index (χ0v) is 11.0. The maximum absolute atomic E-state index is 11.1. The molecule has 0 aliphatic carbocycles. The maximum Gasteiger partial charge on any atom is 0.351 e. The van der Waals surface area contributed by atoms with Crippen molar-refractivity contribution in [3.05, 3.63) is 35.9 Å². The lowest BCUT2D eigenvalue weighted by atomic mass is 9.93. The van der Waals surface area contributed by atoms with Crippen LogP contribution >= 0.6 is 0 Å². The van der Waals surface area contributed by atoms with Gasteiger partial charge in [-0.15, -0.1) is 0 Å². The Labute approximate surface area is 107 Å². The summed E-state index contributed by atoms with van der Waals surface area (Å²) in [7, 11) is 1.65. The standard InChI is InChI=1S/C15H18O3/c1-11(15(2)14(16)18-15)5-4-6-12-7-9-13(17-3)10-8-12/h4,6-11H,5H2,1-3H3. The van der Waals surface area contributed by atoms with E-state index in [2.05, 4.69) is 6.08 Å². The molecular formula is C15H18O3. The SMILES string of the molecule is COc1ccc(C=CCC(C)C2(C)OC2=O)cc1. The maximum atomic E-state index is 11.1. The highest BCUT2D eigenvalue weighted by molar-refractivity contribution is 5.92. The molecule has 96 valence electrons. The second-order valence-corrected chi connectivity index (χ2v) is 4.81. The van der Waals surface area contributed by atoms with E-state index in [9.17, 15) is 4.79 Å². The largest absolute Gasteiger partial charge is 0.497 e. The summed E-state index contributed by atoms with van der Waals surface area (Å²) in [4.78, 5) is 11.1. The molecule has 0 aromatic heterocycles. The van der Waals surface area contributed by atoms with E-state index in [1.807, 2.05) is 44.2 Å². The Bertz CT molecular complexity index is 461. The second-order valence-electron chi connectivity index (χ2n) is 4.81.